The molecule has 0 saturated carbocycles. The van der Waals surface area contributed by atoms with Crippen LogP contribution in [0.3, 0.4) is 0 Å². The summed E-state index contributed by atoms with van der Waals surface area (Å²) < 4.78 is 38.5. The Morgan fingerprint density at radius 2 is 1.95 bits per heavy atom. The molecule has 2 rings (SSSR count). The Morgan fingerprint density at radius 3 is 2.62 bits per heavy atom. The number of hydrogen-bond acceptors (Lipinski definition) is 4. The second kappa shape index (κ2) is 6.42. The first-order valence-corrected chi connectivity index (χ1v) is 7.04. The van der Waals surface area contributed by atoms with Crippen molar-refractivity contribution < 1.29 is 13.2 Å². The van der Waals surface area contributed by atoms with Gasteiger partial charge in [-0.2, -0.15) is 13.2 Å². The zero-order chi connectivity index (χ0) is 15.5. The topological polar surface area (TPSA) is 69.6 Å². The number of nitrogen functional groups attached to an aromatic ring is 1. The summed E-state index contributed by atoms with van der Waals surface area (Å²) in [7, 11) is 0. The van der Waals surface area contributed by atoms with Crippen molar-refractivity contribution in [2.24, 2.45) is 0 Å². The van der Waals surface area contributed by atoms with Gasteiger partial charge >= 0.3 is 6.18 Å². The molecule has 2 N–H and O–H groups in total. The van der Waals surface area contributed by atoms with E-state index in [0.29, 0.717) is 30.0 Å². The molecule has 114 valence electrons. The lowest BCUT2D eigenvalue weighted by Crippen LogP contribution is -2.08. The van der Waals surface area contributed by atoms with Crippen molar-refractivity contribution in [2.75, 3.05) is 5.73 Å². The number of aromatic nitrogens is 4. The van der Waals surface area contributed by atoms with Crippen LogP contribution in [0.15, 0.2) is 22.7 Å². The molecular weight excluding hydrogens is 351 g/mol. The van der Waals surface area contributed by atoms with Crippen LogP contribution >= 0.6 is 15.9 Å². The number of aryl methyl sites for hydroxylation is 1. The Balaban J connectivity index is 2.05. The van der Waals surface area contributed by atoms with Gasteiger partial charge in [-0.05, 0) is 41.5 Å². The number of tetrazole rings is 1. The summed E-state index contributed by atoms with van der Waals surface area (Å²) in [5, 5.41) is 11.3. The van der Waals surface area contributed by atoms with Crippen LogP contribution in [-0.2, 0) is 6.54 Å². The maximum atomic E-state index is 12.1. The second-order valence-electron chi connectivity index (χ2n) is 4.57. The lowest BCUT2D eigenvalue weighted by atomic mass is 10.2. The van der Waals surface area contributed by atoms with E-state index in [1.54, 1.807) is 18.2 Å². The molecule has 0 unspecified atom stereocenters. The number of halogens is 4. The van der Waals surface area contributed by atoms with E-state index in [2.05, 4.69) is 31.5 Å². The van der Waals surface area contributed by atoms with Gasteiger partial charge in [-0.25, -0.2) is 4.68 Å². The van der Waals surface area contributed by atoms with E-state index in [9.17, 15) is 13.2 Å². The highest BCUT2D eigenvalue weighted by Gasteiger charge is 2.25. The Kier molecular flexibility index (Phi) is 4.81. The van der Waals surface area contributed by atoms with Gasteiger partial charge in [-0.15, -0.1) is 5.10 Å². The van der Waals surface area contributed by atoms with Crippen molar-refractivity contribution in [3.8, 4) is 11.4 Å². The zero-order valence-corrected chi connectivity index (χ0v) is 12.5. The van der Waals surface area contributed by atoms with Crippen LogP contribution in [0.5, 0.6) is 0 Å². The molecule has 0 fully saturated rings. The molecule has 9 heteroatoms. The minimum atomic E-state index is -4.12. The summed E-state index contributed by atoms with van der Waals surface area (Å²) in [4.78, 5) is 0. The normalized spacial score (nSPS) is 11.8. The molecule has 0 aliphatic carbocycles. The lowest BCUT2D eigenvalue weighted by Gasteiger charge is -2.07. The number of alkyl halides is 3. The molecule has 0 saturated heterocycles. The van der Waals surface area contributed by atoms with Gasteiger partial charge in [0.1, 0.15) is 0 Å². The monoisotopic (exact) mass is 363 g/mol. The van der Waals surface area contributed by atoms with E-state index in [4.69, 9.17) is 5.73 Å². The molecule has 21 heavy (non-hydrogen) atoms. The highest BCUT2D eigenvalue weighted by atomic mass is 79.9. The summed E-state index contributed by atoms with van der Waals surface area (Å²) in [6, 6.07) is 5.25. The van der Waals surface area contributed by atoms with Gasteiger partial charge in [-0.3, -0.25) is 0 Å². The predicted molar refractivity (Wildman–Crippen MR) is 75.3 cm³/mol. The summed E-state index contributed by atoms with van der Waals surface area (Å²) in [6.07, 6.45) is -4.53. The molecule has 0 radical (unpaired) electrons. The molecule has 2 aromatic rings. The Morgan fingerprint density at radius 1 is 1.19 bits per heavy atom. The molecule has 1 aromatic carbocycles. The number of unbranched alkanes of at least 4 members (excludes halogenated alkanes) is 1. The van der Waals surface area contributed by atoms with Crippen molar-refractivity contribution in [2.45, 2.75) is 32.0 Å². The van der Waals surface area contributed by atoms with Crippen LogP contribution < -0.4 is 5.73 Å². The average molecular weight is 364 g/mol. The zero-order valence-electron chi connectivity index (χ0n) is 10.9. The third kappa shape index (κ3) is 4.69. The number of nitrogens with zero attached hydrogens (tertiary/aromatic N) is 4. The summed E-state index contributed by atoms with van der Waals surface area (Å²) >= 11 is 3.33. The minimum Gasteiger partial charge on any atom is -0.399 e. The Hall–Kier alpha value is -1.64. The van der Waals surface area contributed by atoms with Gasteiger partial charge in [0.15, 0.2) is 5.82 Å². The average Bonchev–Trinajstić information content (AvgIpc) is 2.80. The van der Waals surface area contributed by atoms with Crippen molar-refractivity contribution in [3.63, 3.8) is 0 Å². The van der Waals surface area contributed by atoms with Crippen LogP contribution in [0.1, 0.15) is 19.3 Å². The largest absolute Gasteiger partial charge is 0.399 e. The molecule has 0 aliphatic rings. The van der Waals surface area contributed by atoms with Crippen molar-refractivity contribution >= 4 is 21.6 Å². The van der Waals surface area contributed by atoms with Crippen molar-refractivity contribution in [1.29, 1.82) is 0 Å². The third-order valence-corrected chi connectivity index (χ3v) is 3.25. The molecule has 5 nitrogen and oxygen atoms in total. The van der Waals surface area contributed by atoms with E-state index in [0.717, 1.165) is 4.47 Å². The third-order valence-electron chi connectivity index (χ3n) is 2.79. The van der Waals surface area contributed by atoms with E-state index < -0.39 is 12.6 Å². The number of hydrogen-bond donors (Lipinski definition) is 1. The summed E-state index contributed by atoms with van der Waals surface area (Å²) in [5.41, 5.74) is 7.01. The molecule has 0 aliphatic heterocycles. The maximum Gasteiger partial charge on any atom is 0.389 e. The number of rotatable bonds is 5. The maximum absolute atomic E-state index is 12.1. The van der Waals surface area contributed by atoms with E-state index in [1.165, 1.54) is 4.68 Å². The van der Waals surface area contributed by atoms with Crippen LogP contribution in [0, 0.1) is 0 Å². The van der Waals surface area contributed by atoms with E-state index in [-0.39, 0.29) is 6.42 Å². The minimum absolute atomic E-state index is 0.0451. The lowest BCUT2D eigenvalue weighted by molar-refractivity contribution is -0.135. The van der Waals surface area contributed by atoms with E-state index in [1.807, 2.05) is 0 Å². The number of benzene rings is 1. The Bertz CT molecular complexity index is 591. The molecular formula is C12H13BrF3N5. The molecule has 0 bridgehead atoms. The summed E-state index contributed by atoms with van der Waals surface area (Å²) in [6.45, 7) is 0.324. The molecule has 1 heterocycles. The number of nitrogens with two attached hydrogens (primary N) is 1. The number of anilines is 1. The highest BCUT2D eigenvalue weighted by molar-refractivity contribution is 9.10. The highest BCUT2D eigenvalue weighted by Crippen LogP contribution is 2.25. The first kappa shape index (κ1) is 15.7. The van der Waals surface area contributed by atoms with Crippen molar-refractivity contribution in [3.05, 3.63) is 22.7 Å². The molecule has 0 spiro atoms. The Labute approximate surface area is 127 Å². The summed E-state index contributed by atoms with van der Waals surface area (Å²) in [5.74, 6) is 0.481. The molecule has 0 atom stereocenters. The molecule has 1 aromatic heterocycles. The fourth-order valence-corrected chi connectivity index (χ4v) is 2.40. The van der Waals surface area contributed by atoms with E-state index >= 15 is 0 Å². The smallest absolute Gasteiger partial charge is 0.389 e. The predicted octanol–water partition coefficient (Wildman–Crippen LogP) is 3.42. The molecule has 0 amide bonds. The van der Waals surface area contributed by atoms with Gasteiger partial charge in [0.2, 0.25) is 0 Å². The first-order chi connectivity index (χ1) is 9.85. The van der Waals surface area contributed by atoms with Gasteiger partial charge < -0.3 is 5.73 Å². The fourth-order valence-electron chi connectivity index (χ4n) is 1.89. The van der Waals surface area contributed by atoms with Crippen LogP contribution in [-0.4, -0.2) is 26.4 Å². The van der Waals surface area contributed by atoms with Gasteiger partial charge in [0.25, 0.3) is 0 Å². The van der Waals surface area contributed by atoms with Crippen LogP contribution in [0.2, 0.25) is 0 Å². The SMILES string of the molecule is Nc1cc(Br)cc(-c2nnnn2CCCCC(F)(F)F)c1. The first-order valence-electron chi connectivity index (χ1n) is 6.24. The fraction of sp³-hybridized carbons (Fsp3) is 0.417. The standard InChI is InChI=1S/C12H13BrF3N5/c13-9-5-8(6-10(17)7-9)11-18-19-20-21(11)4-2-1-3-12(14,15)16/h5-7H,1-4,17H2. The van der Waals surface area contributed by atoms with Gasteiger partial charge in [-0.1, -0.05) is 15.9 Å². The van der Waals surface area contributed by atoms with Crippen LogP contribution in [0.25, 0.3) is 11.4 Å². The van der Waals surface area contributed by atoms with Crippen LogP contribution in [0.4, 0.5) is 18.9 Å². The second-order valence-corrected chi connectivity index (χ2v) is 5.49. The van der Waals surface area contributed by atoms with Gasteiger partial charge in [0, 0.05) is 28.7 Å². The quantitative estimate of drug-likeness (QED) is 0.652. The van der Waals surface area contributed by atoms with Crippen molar-refractivity contribution in [1.82, 2.24) is 20.2 Å². The van der Waals surface area contributed by atoms with Gasteiger partial charge in [0.05, 0.1) is 0 Å².